The normalized spacial score (nSPS) is 15.1. The van der Waals surface area contributed by atoms with Crippen LogP contribution < -0.4 is 5.32 Å². The summed E-state index contributed by atoms with van der Waals surface area (Å²) in [5, 5.41) is 2.87. The molecule has 1 fully saturated rings. The average Bonchev–Trinajstić information content (AvgIpc) is 2.64. The first-order valence-corrected chi connectivity index (χ1v) is 9.30. The van der Waals surface area contributed by atoms with Gasteiger partial charge in [-0.25, -0.2) is 9.18 Å². The number of anilines is 1. The van der Waals surface area contributed by atoms with Gasteiger partial charge in [0.05, 0.1) is 13.2 Å². The van der Waals surface area contributed by atoms with E-state index in [1.54, 1.807) is 12.1 Å². The van der Waals surface area contributed by atoms with Crippen LogP contribution in [0, 0.1) is 5.82 Å². The van der Waals surface area contributed by atoms with E-state index in [2.05, 4.69) is 17.1 Å². The Kier molecular flexibility index (Phi) is 8.69. The number of benzene rings is 1. The zero-order chi connectivity index (χ0) is 17.9. The van der Waals surface area contributed by atoms with Crippen molar-refractivity contribution in [2.24, 2.45) is 0 Å². The number of carbonyl (C=O) groups excluding carboxylic acids is 1. The highest BCUT2D eigenvalue weighted by atomic mass is 19.1. The van der Waals surface area contributed by atoms with Gasteiger partial charge in [0, 0.05) is 38.4 Å². The number of hydrogen-bond donors (Lipinski definition) is 1. The number of morpholine rings is 1. The maximum absolute atomic E-state index is 13.0. The van der Waals surface area contributed by atoms with Crippen LogP contribution in [0.25, 0.3) is 0 Å². The van der Waals surface area contributed by atoms with Crippen molar-refractivity contribution < 1.29 is 13.9 Å². The lowest BCUT2D eigenvalue weighted by Gasteiger charge is -2.30. The molecular weight excluding hydrogens is 321 g/mol. The van der Waals surface area contributed by atoms with Crippen molar-refractivity contribution in [3.63, 3.8) is 0 Å². The molecule has 0 radical (unpaired) electrons. The molecule has 0 saturated carbocycles. The number of ether oxygens (including phenoxy) is 1. The fourth-order valence-corrected chi connectivity index (χ4v) is 2.87. The molecule has 0 spiro atoms. The van der Waals surface area contributed by atoms with Gasteiger partial charge in [0.25, 0.3) is 0 Å². The monoisotopic (exact) mass is 351 g/mol. The second-order valence-corrected chi connectivity index (χ2v) is 6.44. The molecule has 1 saturated heterocycles. The van der Waals surface area contributed by atoms with Gasteiger partial charge in [-0.3, -0.25) is 4.90 Å². The number of urea groups is 1. The summed E-state index contributed by atoms with van der Waals surface area (Å²) in [5.74, 6) is -0.304. The Hall–Kier alpha value is -1.66. The van der Waals surface area contributed by atoms with Crippen LogP contribution in [0.4, 0.5) is 14.9 Å². The molecule has 1 heterocycles. The van der Waals surface area contributed by atoms with Crippen molar-refractivity contribution in [2.75, 3.05) is 51.3 Å². The van der Waals surface area contributed by atoms with Crippen molar-refractivity contribution in [3.8, 4) is 0 Å². The molecule has 1 aliphatic rings. The molecule has 25 heavy (non-hydrogen) atoms. The SMILES string of the molecule is CCCCCCN(CCN1CCOCC1)C(=O)Nc1ccc(F)cc1. The summed E-state index contributed by atoms with van der Waals surface area (Å²) < 4.78 is 18.4. The molecular formula is C19H30FN3O2. The predicted octanol–water partition coefficient (Wildman–Crippen LogP) is 3.57. The largest absolute Gasteiger partial charge is 0.379 e. The van der Waals surface area contributed by atoms with Gasteiger partial charge >= 0.3 is 6.03 Å². The van der Waals surface area contributed by atoms with E-state index in [0.717, 1.165) is 52.2 Å². The first-order valence-electron chi connectivity index (χ1n) is 9.30. The summed E-state index contributed by atoms with van der Waals surface area (Å²) >= 11 is 0. The van der Waals surface area contributed by atoms with Crippen LogP contribution in [0.5, 0.6) is 0 Å². The number of rotatable bonds is 9. The molecule has 140 valence electrons. The number of nitrogens with zero attached hydrogens (tertiary/aromatic N) is 2. The van der Waals surface area contributed by atoms with Crippen LogP contribution >= 0.6 is 0 Å². The van der Waals surface area contributed by atoms with Gasteiger partial charge in [-0.05, 0) is 30.7 Å². The molecule has 2 amide bonds. The molecule has 2 rings (SSSR count). The third-order valence-electron chi connectivity index (χ3n) is 4.45. The average molecular weight is 351 g/mol. The van der Waals surface area contributed by atoms with Gasteiger partial charge in [0.15, 0.2) is 0 Å². The Morgan fingerprint density at radius 3 is 2.56 bits per heavy atom. The van der Waals surface area contributed by atoms with Crippen LogP contribution in [0.3, 0.4) is 0 Å². The van der Waals surface area contributed by atoms with E-state index >= 15 is 0 Å². The Bertz CT molecular complexity index is 504. The molecule has 0 aliphatic carbocycles. The lowest BCUT2D eigenvalue weighted by atomic mass is 10.2. The van der Waals surface area contributed by atoms with Gasteiger partial charge in [-0.1, -0.05) is 26.2 Å². The molecule has 0 aromatic heterocycles. The molecule has 1 aromatic carbocycles. The molecule has 0 bridgehead atoms. The zero-order valence-electron chi connectivity index (χ0n) is 15.2. The predicted molar refractivity (Wildman–Crippen MR) is 98.4 cm³/mol. The Morgan fingerprint density at radius 2 is 1.88 bits per heavy atom. The third kappa shape index (κ3) is 7.40. The fraction of sp³-hybridized carbons (Fsp3) is 0.632. The number of nitrogens with one attached hydrogen (secondary N) is 1. The minimum absolute atomic E-state index is 0.114. The topological polar surface area (TPSA) is 44.8 Å². The van der Waals surface area contributed by atoms with Gasteiger partial charge in [0.2, 0.25) is 0 Å². The summed E-state index contributed by atoms with van der Waals surface area (Å²) in [7, 11) is 0. The van der Waals surface area contributed by atoms with E-state index in [1.165, 1.54) is 25.0 Å². The van der Waals surface area contributed by atoms with Crippen molar-refractivity contribution >= 4 is 11.7 Å². The lowest BCUT2D eigenvalue weighted by Crippen LogP contribution is -2.44. The highest BCUT2D eigenvalue weighted by Gasteiger charge is 2.16. The Labute approximate surface area is 150 Å². The Balaban J connectivity index is 1.86. The van der Waals surface area contributed by atoms with Gasteiger partial charge in [-0.15, -0.1) is 0 Å². The molecule has 1 N–H and O–H groups in total. The van der Waals surface area contributed by atoms with E-state index in [4.69, 9.17) is 4.74 Å². The van der Waals surface area contributed by atoms with Crippen LogP contribution in [0.1, 0.15) is 32.6 Å². The molecule has 0 unspecified atom stereocenters. The van der Waals surface area contributed by atoms with E-state index in [-0.39, 0.29) is 11.8 Å². The molecule has 6 heteroatoms. The summed E-state index contributed by atoms with van der Waals surface area (Å²) in [5.41, 5.74) is 0.622. The zero-order valence-corrected chi connectivity index (χ0v) is 15.2. The highest BCUT2D eigenvalue weighted by molar-refractivity contribution is 5.89. The van der Waals surface area contributed by atoms with E-state index in [0.29, 0.717) is 12.2 Å². The maximum Gasteiger partial charge on any atom is 0.321 e. The number of amides is 2. The van der Waals surface area contributed by atoms with Crippen molar-refractivity contribution in [3.05, 3.63) is 30.1 Å². The van der Waals surface area contributed by atoms with Crippen LogP contribution in [-0.2, 0) is 4.74 Å². The minimum atomic E-state index is -0.304. The fourth-order valence-electron chi connectivity index (χ4n) is 2.87. The molecule has 1 aromatic rings. The van der Waals surface area contributed by atoms with Crippen LogP contribution in [-0.4, -0.2) is 61.8 Å². The second kappa shape index (κ2) is 11.1. The van der Waals surface area contributed by atoms with Gasteiger partial charge in [-0.2, -0.15) is 0 Å². The summed E-state index contributed by atoms with van der Waals surface area (Å²) in [6, 6.07) is 5.77. The summed E-state index contributed by atoms with van der Waals surface area (Å²) in [4.78, 5) is 16.8. The summed E-state index contributed by atoms with van der Waals surface area (Å²) in [6.07, 6.45) is 4.51. The Morgan fingerprint density at radius 1 is 1.16 bits per heavy atom. The van der Waals surface area contributed by atoms with E-state index in [9.17, 15) is 9.18 Å². The molecule has 1 aliphatic heterocycles. The number of carbonyl (C=O) groups is 1. The standard InChI is InChI=1S/C19H30FN3O2/c1-2-3-4-5-10-23(12-11-22-13-15-25-16-14-22)19(24)21-18-8-6-17(20)7-9-18/h6-9H,2-5,10-16H2,1H3,(H,21,24). The molecule has 0 atom stereocenters. The van der Waals surface area contributed by atoms with E-state index < -0.39 is 0 Å². The second-order valence-electron chi connectivity index (χ2n) is 6.44. The number of hydrogen-bond acceptors (Lipinski definition) is 3. The lowest BCUT2D eigenvalue weighted by molar-refractivity contribution is 0.0351. The van der Waals surface area contributed by atoms with E-state index in [1.807, 2.05) is 4.90 Å². The quantitative estimate of drug-likeness (QED) is 0.692. The van der Waals surface area contributed by atoms with Crippen LogP contribution in [0.15, 0.2) is 24.3 Å². The first kappa shape index (κ1) is 19.7. The van der Waals surface area contributed by atoms with Gasteiger partial charge in [0.1, 0.15) is 5.82 Å². The minimum Gasteiger partial charge on any atom is -0.379 e. The summed E-state index contributed by atoms with van der Waals surface area (Å²) in [6.45, 7) is 7.84. The smallest absolute Gasteiger partial charge is 0.321 e. The maximum atomic E-state index is 13.0. The highest BCUT2D eigenvalue weighted by Crippen LogP contribution is 2.10. The molecule has 5 nitrogen and oxygen atoms in total. The number of unbranched alkanes of at least 4 members (excludes halogenated alkanes) is 3. The van der Waals surface area contributed by atoms with Crippen molar-refractivity contribution in [2.45, 2.75) is 32.6 Å². The van der Waals surface area contributed by atoms with Gasteiger partial charge < -0.3 is 15.0 Å². The van der Waals surface area contributed by atoms with Crippen molar-refractivity contribution in [1.82, 2.24) is 9.80 Å². The first-order chi connectivity index (χ1) is 12.2. The van der Waals surface area contributed by atoms with Crippen molar-refractivity contribution in [1.29, 1.82) is 0 Å². The van der Waals surface area contributed by atoms with Crippen LogP contribution in [0.2, 0.25) is 0 Å². The number of halogens is 1. The third-order valence-corrected chi connectivity index (χ3v) is 4.45.